The summed E-state index contributed by atoms with van der Waals surface area (Å²) in [6.07, 6.45) is -1.03. The van der Waals surface area contributed by atoms with Crippen LogP contribution in [0.2, 0.25) is 0 Å². The maximum atomic E-state index is 13.4. The molecule has 0 saturated carbocycles. The van der Waals surface area contributed by atoms with Gasteiger partial charge in [0.1, 0.15) is 11.5 Å². The average Bonchev–Trinajstić information content (AvgIpc) is 2.78. The Bertz CT molecular complexity index is 1210. The molecule has 0 saturated heterocycles. The zero-order valence-electron chi connectivity index (χ0n) is 17.1. The number of ether oxygens (including phenoxy) is 2. The van der Waals surface area contributed by atoms with Crippen LogP contribution in [0.1, 0.15) is 5.56 Å². The van der Waals surface area contributed by atoms with Gasteiger partial charge in [-0.1, -0.05) is 35.9 Å². The molecule has 0 aliphatic carbocycles. The molecule has 8 heteroatoms. The van der Waals surface area contributed by atoms with Gasteiger partial charge in [0, 0.05) is 11.8 Å². The van der Waals surface area contributed by atoms with Crippen LogP contribution in [0.4, 0.5) is 11.4 Å². The lowest BCUT2D eigenvalue weighted by Gasteiger charge is -2.34. The molecule has 0 unspecified atom stereocenters. The summed E-state index contributed by atoms with van der Waals surface area (Å²) in [5.41, 5.74) is 1.88. The van der Waals surface area contributed by atoms with Crippen molar-refractivity contribution in [2.45, 2.75) is 17.9 Å². The minimum absolute atomic E-state index is 0.150. The van der Waals surface area contributed by atoms with Gasteiger partial charge in [0.25, 0.3) is 15.9 Å². The number of aryl methyl sites for hydroxylation is 1. The second-order valence-electron chi connectivity index (χ2n) is 7.14. The Morgan fingerprint density at radius 1 is 1.06 bits per heavy atom. The highest BCUT2D eigenvalue weighted by Gasteiger charge is 2.37. The summed E-state index contributed by atoms with van der Waals surface area (Å²) >= 11 is 0. The lowest BCUT2D eigenvalue weighted by atomic mass is 10.2. The van der Waals surface area contributed by atoms with Crippen LogP contribution in [0.5, 0.6) is 11.5 Å². The van der Waals surface area contributed by atoms with Crippen molar-refractivity contribution in [1.29, 1.82) is 0 Å². The number of carbonyl (C=O) groups is 1. The molecule has 0 bridgehead atoms. The largest absolute Gasteiger partial charge is 0.497 e. The van der Waals surface area contributed by atoms with E-state index in [1.165, 1.54) is 11.4 Å². The Morgan fingerprint density at radius 2 is 1.81 bits per heavy atom. The number of methoxy groups -OCH3 is 1. The molecule has 0 spiro atoms. The predicted octanol–water partition coefficient (Wildman–Crippen LogP) is 3.60. The van der Waals surface area contributed by atoms with Gasteiger partial charge >= 0.3 is 0 Å². The topological polar surface area (TPSA) is 84.9 Å². The SMILES string of the molecule is COc1cccc(NC(=O)[C@H]2CN(S(=O)(=O)c3ccc(C)cc3)c3ccccc3O2)c1. The molecule has 1 heterocycles. The number of carbonyl (C=O) groups excluding carboxylic acids is 1. The molecule has 4 rings (SSSR count). The number of anilines is 2. The molecule has 1 amide bonds. The molecule has 160 valence electrons. The Kier molecular flexibility index (Phi) is 5.56. The summed E-state index contributed by atoms with van der Waals surface area (Å²) in [4.78, 5) is 13.1. The molecule has 1 aliphatic rings. The first-order valence-corrected chi connectivity index (χ1v) is 11.1. The van der Waals surface area contributed by atoms with Crippen LogP contribution in [-0.2, 0) is 14.8 Å². The zero-order chi connectivity index (χ0) is 22.0. The Balaban J connectivity index is 1.65. The van der Waals surface area contributed by atoms with Gasteiger partial charge in [-0.05, 0) is 43.3 Å². The van der Waals surface area contributed by atoms with Gasteiger partial charge in [-0.15, -0.1) is 0 Å². The van der Waals surface area contributed by atoms with Gasteiger partial charge in [-0.3, -0.25) is 9.10 Å². The lowest BCUT2D eigenvalue weighted by molar-refractivity contribution is -0.122. The van der Waals surface area contributed by atoms with Crippen molar-refractivity contribution in [2.24, 2.45) is 0 Å². The van der Waals surface area contributed by atoms with Crippen molar-refractivity contribution < 1.29 is 22.7 Å². The fourth-order valence-corrected chi connectivity index (χ4v) is 4.80. The van der Waals surface area contributed by atoms with Crippen LogP contribution in [0.15, 0.2) is 77.7 Å². The summed E-state index contributed by atoms with van der Waals surface area (Å²) in [5, 5.41) is 2.77. The maximum absolute atomic E-state index is 13.4. The van der Waals surface area contributed by atoms with Crippen molar-refractivity contribution >= 4 is 27.3 Å². The number of rotatable bonds is 5. The van der Waals surface area contributed by atoms with Crippen LogP contribution >= 0.6 is 0 Å². The summed E-state index contributed by atoms with van der Waals surface area (Å²) < 4.78 is 39.0. The molecular formula is C23H22N2O5S. The number of hydrogen-bond acceptors (Lipinski definition) is 5. The summed E-state index contributed by atoms with van der Waals surface area (Å²) in [6, 6.07) is 20.3. The number of fused-ring (bicyclic) bond motifs is 1. The van der Waals surface area contributed by atoms with E-state index in [0.717, 1.165) is 5.56 Å². The molecule has 1 atom stereocenters. The van der Waals surface area contributed by atoms with Crippen LogP contribution < -0.4 is 19.1 Å². The third kappa shape index (κ3) is 4.20. The molecule has 7 nitrogen and oxygen atoms in total. The van der Waals surface area contributed by atoms with E-state index in [9.17, 15) is 13.2 Å². The molecule has 1 aliphatic heterocycles. The fourth-order valence-electron chi connectivity index (χ4n) is 3.33. The Morgan fingerprint density at radius 3 is 2.55 bits per heavy atom. The van der Waals surface area contributed by atoms with Crippen LogP contribution in [0.3, 0.4) is 0 Å². The van der Waals surface area contributed by atoms with E-state index in [0.29, 0.717) is 22.9 Å². The molecule has 0 fully saturated rings. The van der Waals surface area contributed by atoms with Crippen molar-refractivity contribution in [3.8, 4) is 11.5 Å². The Labute approximate surface area is 181 Å². The first-order chi connectivity index (χ1) is 14.9. The number of hydrogen-bond donors (Lipinski definition) is 1. The quantitative estimate of drug-likeness (QED) is 0.658. The summed E-state index contributed by atoms with van der Waals surface area (Å²) in [7, 11) is -2.35. The van der Waals surface area contributed by atoms with Crippen LogP contribution in [-0.4, -0.2) is 34.1 Å². The summed E-state index contributed by atoms with van der Waals surface area (Å²) in [6.45, 7) is 1.74. The van der Waals surface area contributed by atoms with E-state index in [2.05, 4.69) is 5.32 Å². The normalized spacial score (nSPS) is 15.5. The first-order valence-electron chi connectivity index (χ1n) is 9.68. The molecule has 3 aromatic rings. The van der Waals surface area contributed by atoms with E-state index in [-0.39, 0.29) is 11.4 Å². The van der Waals surface area contributed by atoms with E-state index < -0.39 is 22.0 Å². The first kappa shape index (κ1) is 20.7. The number of sulfonamides is 1. The molecule has 3 aromatic carbocycles. The second kappa shape index (κ2) is 8.31. The van der Waals surface area contributed by atoms with Gasteiger partial charge < -0.3 is 14.8 Å². The molecule has 0 radical (unpaired) electrons. The Hall–Kier alpha value is -3.52. The third-order valence-corrected chi connectivity index (χ3v) is 6.77. The number of para-hydroxylation sites is 2. The third-order valence-electron chi connectivity index (χ3n) is 4.97. The van der Waals surface area contributed by atoms with E-state index in [4.69, 9.17) is 9.47 Å². The lowest BCUT2D eigenvalue weighted by Crippen LogP contribution is -2.48. The second-order valence-corrected chi connectivity index (χ2v) is 9.01. The van der Waals surface area contributed by atoms with E-state index in [1.807, 2.05) is 6.92 Å². The van der Waals surface area contributed by atoms with Gasteiger partial charge in [0.15, 0.2) is 6.10 Å². The van der Waals surface area contributed by atoms with Crippen molar-refractivity contribution in [2.75, 3.05) is 23.3 Å². The number of nitrogens with one attached hydrogen (secondary N) is 1. The minimum atomic E-state index is -3.89. The van der Waals surface area contributed by atoms with Crippen molar-refractivity contribution in [3.63, 3.8) is 0 Å². The molecule has 0 aromatic heterocycles. The highest BCUT2D eigenvalue weighted by Crippen LogP contribution is 2.37. The average molecular weight is 439 g/mol. The van der Waals surface area contributed by atoms with Crippen molar-refractivity contribution in [3.05, 3.63) is 78.4 Å². The van der Waals surface area contributed by atoms with Crippen LogP contribution in [0.25, 0.3) is 0 Å². The molecule has 1 N–H and O–H groups in total. The molecular weight excluding hydrogens is 416 g/mol. The standard InChI is InChI=1S/C23H22N2O5S/c1-16-10-12-19(13-11-16)31(27,28)25-15-22(30-21-9-4-3-8-20(21)25)23(26)24-17-6-5-7-18(14-17)29-2/h3-14,22H,15H2,1-2H3,(H,24,26)/t22-/m1/s1. The van der Waals surface area contributed by atoms with Gasteiger partial charge in [0.05, 0.1) is 24.2 Å². The minimum Gasteiger partial charge on any atom is -0.497 e. The van der Waals surface area contributed by atoms with Gasteiger partial charge in [-0.25, -0.2) is 8.42 Å². The van der Waals surface area contributed by atoms with Gasteiger partial charge in [-0.2, -0.15) is 0 Å². The highest BCUT2D eigenvalue weighted by molar-refractivity contribution is 7.92. The van der Waals surface area contributed by atoms with Gasteiger partial charge in [0.2, 0.25) is 0 Å². The fraction of sp³-hybridized carbons (Fsp3) is 0.174. The summed E-state index contributed by atoms with van der Waals surface area (Å²) in [5.74, 6) is 0.471. The van der Waals surface area contributed by atoms with E-state index in [1.54, 1.807) is 72.8 Å². The van der Waals surface area contributed by atoms with E-state index >= 15 is 0 Å². The molecule has 31 heavy (non-hydrogen) atoms. The maximum Gasteiger partial charge on any atom is 0.267 e. The smallest absolute Gasteiger partial charge is 0.267 e. The van der Waals surface area contributed by atoms with Crippen molar-refractivity contribution in [1.82, 2.24) is 0 Å². The number of nitrogens with zero attached hydrogens (tertiary/aromatic N) is 1. The number of benzene rings is 3. The predicted molar refractivity (Wildman–Crippen MR) is 118 cm³/mol. The van der Waals surface area contributed by atoms with Crippen LogP contribution in [0, 0.1) is 6.92 Å². The zero-order valence-corrected chi connectivity index (χ0v) is 17.9. The number of amides is 1. The monoisotopic (exact) mass is 438 g/mol. The highest BCUT2D eigenvalue weighted by atomic mass is 32.2.